The molecule has 1 N–H and O–H groups in total. The highest BCUT2D eigenvalue weighted by atomic mass is 79.9. The monoisotopic (exact) mass is 430 g/mol. The smallest absolute Gasteiger partial charge is 0.242 e. The molecule has 0 unspecified atom stereocenters. The first-order chi connectivity index (χ1) is 12.8. The molecule has 27 heavy (non-hydrogen) atoms. The Bertz CT molecular complexity index is 782. The highest BCUT2D eigenvalue weighted by molar-refractivity contribution is 9.10. The van der Waals surface area contributed by atoms with Crippen LogP contribution >= 0.6 is 15.9 Å². The van der Waals surface area contributed by atoms with E-state index < -0.39 is 6.04 Å². The van der Waals surface area contributed by atoms with Crippen molar-refractivity contribution in [3.63, 3.8) is 0 Å². The van der Waals surface area contributed by atoms with Crippen LogP contribution < -0.4 is 5.32 Å². The largest absolute Gasteiger partial charge is 0.355 e. The van der Waals surface area contributed by atoms with E-state index in [2.05, 4.69) is 27.3 Å². The van der Waals surface area contributed by atoms with Gasteiger partial charge in [-0.2, -0.15) is 0 Å². The number of nitrogens with zero attached hydrogens (tertiary/aromatic N) is 1. The summed E-state index contributed by atoms with van der Waals surface area (Å²) in [6.07, 6.45) is 0.281. The summed E-state index contributed by atoms with van der Waals surface area (Å²) >= 11 is 3.43. The van der Waals surface area contributed by atoms with Crippen LogP contribution in [0.5, 0.6) is 0 Å². The molecule has 1 atom stereocenters. The minimum atomic E-state index is -0.535. The lowest BCUT2D eigenvalue weighted by molar-refractivity contribution is -0.140. The van der Waals surface area contributed by atoms with Crippen LogP contribution in [-0.4, -0.2) is 29.3 Å². The first kappa shape index (κ1) is 21.2. The first-order valence-corrected chi connectivity index (χ1v) is 9.98. The number of rotatable bonds is 7. The van der Waals surface area contributed by atoms with Gasteiger partial charge >= 0.3 is 0 Å². The molecule has 0 saturated carbocycles. The summed E-state index contributed by atoms with van der Waals surface area (Å²) in [6, 6.07) is 13.4. The molecule has 2 aromatic rings. The van der Waals surface area contributed by atoms with Crippen LogP contribution in [0.25, 0.3) is 0 Å². The van der Waals surface area contributed by atoms with Crippen LogP contribution in [0.2, 0.25) is 0 Å². The first-order valence-electron chi connectivity index (χ1n) is 9.19. The SMILES string of the molecule is CCNC(=O)[C@@H](C)N(Cc1ccc(Br)cc1)C(=O)Cc1cc(C)cc(C)c1. The molecule has 2 rings (SSSR count). The van der Waals surface area contributed by atoms with Gasteiger partial charge in [-0.05, 0) is 51.0 Å². The number of carbonyl (C=O) groups excluding carboxylic acids is 2. The number of aryl methyl sites for hydroxylation is 2. The Morgan fingerprint density at radius 1 is 1.04 bits per heavy atom. The average molecular weight is 431 g/mol. The molecule has 0 heterocycles. The Morgan fingerprint density at radius 2 is 1.63 bits per heavy atom. The minimum Gasteiger partial charge on any atom is -0.355 e. The molecule has 2 amide bonds. The zero-order valence-corrected chi connectivity index (χ0v) is 18.0. The van der Waals surface area contributed by atoms with Gasteiger partial charge in [0.1, 0.15) is 6.04 Å². The average Bonchev–Trinajstić information content (AvgIpc) is 2.59. The van der Waals surface area contributed by atoms with Gasteiger partial charge in [0.15, 0.2) is 0 Å². The minimum absolute atomic E-state index is 0.0540. The Morgan fingerprint density at radius 3 is 2.19 bits per heavy atom. The van der Waals surface area contributed by atoms with E-state index >= 15 is 0 Å². The van der Waals surface area contributed by atoms with Gasteiger partial charge in [0.25, 0.3) is 0 Å². The van der Waals surface area contributed by atoms with E-state index in [9.17, 15) is 9.59 Å². The summed E-state index contributed by atoms with van der Waals surface area (Å²) in [4.78, 5) is 27.1. The Balaban J connectivity index is 2.24. The van der Waals surface area contributed by atoms with Crippen LogP contribution in [0.4, 0.5) is 0 Å². The predicted octanol–water partition coefficient (Wildman–Crippen LogP) is 4.16. The number of nitrogens with one attached hydrogen (secondary N) is 1. The molecule has 0 spiro atoms. The molecular formula is C22H27BrN2O2. The van der Waals surface area contributed by atoms with Gasteiger partial charge in [0.2, 0.25) is 11.8 Å². The predicted molar refractivity (Wildman–Crippen MR) is 112 cm³/mol. The van der Waals surface area contributed by atoms with E-state index in [1.165, 1.54) is 0 Å². The summed E-state index contributed by atoms with van der Waals surface area (Å²) in [7, 11) is 0. The summed E-state index contributed by atoms with van der Waals surface area (Å²) in [6.45, 7) is 8.65. The van der Waals surface area contributed by atoms with Crippen molar-refractivity contribution in [1.82, 2.24) is 10.2 Å². The molecule has 0 aromatic heterocycles. The van der Waals surface area contributed by atoms with Crippen molar-refractivity contribution < 1.29 is 9.59 Å². The fourth-order valence-electron chi connectivity index (χ4n) is 3.14. The van der Waals surface area contributed by atoms with Crippen molar-refractivity contribution in [2.45, 2.75) is 46.7 Å². The van der Waals surface area contributed by atoms with Crippen molar-refractivity contribution in [3.8, 4) is 0 Å². The molecule has 0 bridgehead atoms. The fraction of sp³-hybridized carbons (Fsp3) is 0.364. The van der Waals surface area contributed by atoms with Crippen molar-refractivity contribution >= 4 is 27.7 Å². The summed E-state index contributed by atoms with van der Waals surface area (Å²) in [5, 5.41) is 2.82. The van der Waals surface area contributed by atoms with Crippen molar-refractivity contribution in [2.24, 2.45) is 0 Å². The van der Waals surface area contributed by atoms with Crippen LogP contribution in [0.1, 0.15) is 36.1 Å². The van der Waals surface area contributed by atoms with E-state index in [-0.39, 0.29) is 18.2 Å². The lowest BCUT2D eigenvalue weighted by atomic mass is 10.0. The molecule has 144 valence electrons. The van der Waals surface area contributed by atoms with E-state index in [0.29, 0.717) is 13.1 Å². The second-order valence-corrected chi connectivity index (χ2v) is 7.81. The zero-order valence-electron chi connectivity index (χ0n) is 16.4. The van der Waals surface area contributed by atoms with Crippen LogP contribution in [0, 0.1) is 13.8 Å². The third kappa shape index (κ3) is 6.21. The second kappa shape index (κ2) is 9.70. The third-order valence-electron chi connectivity index (χ3n) is 4.42. The summed E-state index contributed by atoms with van der Waals surface area (Å²) in [5.41, 5.74) is 4.23. The van der Waals surface area contributed by atoms with Crippen molar-refractivity contribution in [3.05, 3.63) is 69.2 Å². The van der Waals surface area contributed by atoms with Gasteiger partial charge in [-0.3, -0.25) is 9.59 Å². The van der Waals surface area contributed by atoms with Crippen molar-refractivity contribution in [1.29, 1.82) is 0 Å². The normalized spacial score (nSPS) is 11.7. The number of likely N-dealkylation sites (N-methyl/N-ethyl adjacent to an activating group) is 1. The molecule has 0 aliphatic heterocycles. The van der Waals surface area contributed by atoms with Crippen molar-refractivity contribution in [2.75, 3.05) is 6.54 Å². The number of halogens is 1. The Kier molecular flexibility index (Phi) is 7.60. The lowest BCUT2D eigenvalue weighted by Crippen LogP contribution is -2.48. The maximum absolute atomic E-state index is 13.1. The molecule has 0 saturated heterocycles. The van der Waals surface area contributed by atoms with Gasteiger partial charge < -0.3 is 10.2 Å². The molecular weight excluding hydrogens is 404 g/mol. The second-order valence-electron chi connectivity index (χ2n) is 6.89. The quantitative estimate of drug-likeness (QED) is 0.716. The maximum atomic E-state index is 13.1. The van der Waals surface area contributed by atoms with E-state index in [1.54, 1.807) is 11.8 Å². The molecule has 0 radical (unpaired) electrons. The zero-order chi connectivity index (χ0) is 20.0. The number of hydrogen-bond donors (Lipinski definition) is 1. The maximum Gasteiger partial charge on any atom is 0.242 e. The topological polar surface area (TPSA) is 49.4 Å². The molecule has 0 aliphatic carbocycles. The summed E-state index contributed by atoms with van der Waals surface area (Å²) in [5.74, 6) is -0.190. The van der Waals surface area contributed by atoms with Crippen LogP contribution in [0.15, 0.2) is 46.9 Å². The highest BCUT2D eigenvalue weighted by Gasteiger charge is 2.25. The Labute approximate surface area is 170 Å². The number of amides is 2. The molecule has 0 fully saturated rings. The van der Waals surface area contributed by atoms with Crippen LogP contribution in [-0.2, 0) is 22.6 Å². The van der Waals surface area contributed by atoms with Gasteiger partial charge in [-0.25, -0.2) is 0 Å². The van der Waals surface area contributed by atoms with Gasteiger partial charge in [0, 0.05) is 17.6 Å². The van der Waals surface area contributed by atoms with Crippen LogP contribution in [0.3, 0.4) is 0 Å². The molecule has 2 aromatic carbocycles. The molecule has 4 nitrogen and oxygen atoms in total. The molecule has 5 heteroatoms. The number of carbonyl (C=O) groups is 2. The third-order valence-corrected chi connectivity index (χ3v) is 4.95. The number of hydrogen-bond acceptors (Lipinski definition) is 2. The summed E-state index contributed by atoms with van der Waals surface area (Å²) < 4.78 is 0.983. The van der Waals surface area contributed by atoms with E-state index in [1.807, 2.05) is 57.2 Å². The van der Waals surface area contributed by atoms with Gasteiger partial charge in [-0.1, -0.05) is 57.4 Å². The highest BCUT2D eigenvalue weighted by Crippen LogP contribution is 2.16. The fourth-order valence-corrected chi connectivity index (χ4v) is 3.40. The number of benzene rings is 2. The van der Waals surface area contributed by atoms with E-state index in [0.717, 1.165) is 26.7 Å². The van der Waals surface area contributed by atoms with Gasteiger partial charge in [-0.15, -0.1) is 0 Å². The Hall–Kier alpha value is -2.14. The van der Waals surface area contributed by atoms with Gasteiger partial charge in [0.05, 0.1) is 6.42 Å². The lowest BCUT2D eigenvalue weighted by Gasteiger charge is -2.29. The standard InChI is InChI=1S/C22H27BrN2O2/c1-5-24-22(27)17(4)25(14-18-6-8-20(23)9-7-18)21(26)13-19-11-15(2)10-16(3)12-19/h6-12,17H,5,13-14H2,1-4H3,(H,24,27)/t17-/m1/s1. The van der Waals surface area contributed by atoms with E-state index in [4.69, 9.17) is 0 Å². The molecule has 0 aliphatic rings.